The van der Waals surface area contributed by atoms with E-state index in [1.807, 2.05) is 15.2 Å². The number of aromatic nitrogens is 7. The molecule has 8 nitrogen and oxygen atoms in total. The highest BCUT2D eigenvalue weighted by Crippen LogP contribution is 2.36. The topological polar surface area (TPSA) is 94.3 Å². The molecule has 0 radical (unpaired) electrons. The Labute approximate surface area is 241 Å². The van der Waals surface area contributed by atoms with Crippen molar-refractivity contribution in [1.29, 1.82) is 0 Å². The van der Waals surface area contributed by atoms with Gasteiger partial charge in [0.1, 0.15) is 0 Å². The number of para-hydroxylation sites is 1. The Kier molecular flexibility index (Phi) is 7.51. The van der Waals surface area contributed by atoms with Crippen LogP contribution in [-0.4, -0.2) is 34.7 Å². The first kappa shape index (κ1) is 28.2. The van der Waals surface area contributed by atoms with E-state index in [1.165, 1.54) is 11.1 Å². The number of hydrogen-bond acceptors (Lipinski definition) is 5. The monoisotopic (exact) mass is 549 g/mol. The Balaban J connectivity index is 1.56. The average Bonchev–Trinajstić information content (AvgIpc) is 3.57. The number of imidazole rings is 1. The first-order chi connectivity index (χ1) is 19.5. The molecule has 0 atom stereocenters. The van der Waals surface area contributed by atoms with Crippen molar-refractivity contribution < 1.29 is 0 Å². The zero-order valence-corrected chi connectivity index (χ0v) is 25.1. The van der Waals surface area contributed by atoms with E-state index in [4.69, 9.17) is 0 Å². The number of pyridine rings is 1. The predicted octanol–water partition coefficient (Wildman–Crippen LogP) is 6.48. The molecule has 5 rings (SSSR count). The van der Waals surface area contributed by atoms with Gasteiger partial charge in [-0.2, -0.15) is 0 Å². The maximum Gasteiger partial charge on any atom is 0.333 e. The number of nitrogens with one attached hydrogen (secondary N) is 1. The predicted molar refractivity (Wildman–Crippen MR) is 163 cm³/mol. The van der Waals surface area contributed by atoms with Crippen LogP contribution in [0.15, 0.2) is 71.9 Å². The van der Waals surface area contributed by atoms with Crippen LogP contribution in [0.2, 0.25) is 0 Å². The number of aryl methyl sites for hydroxylation is 1. The van der Waals surface area contributed by atoms with E-state index in [0.29, 0.717) is 12.4 Å². The summed E-state index contributed by atoms with van der Waals surface area (Å²) in [6.45, 7) is 15.9. The van der Waals surface area contributed by atoms with Crippen LogP contribution in [0.4, 0.5) is 0 Å². The molecular weight excluding hydrogens is 510 g/mol. The van der Waals surface area contributed by atoms with Crippen LogP contribution in [-0.2, 0) is 23.8 Å². The highest BCUT2D eigenvalue weighted by molar-refractivity contribution is 5.79. The summed E-state index contributed by atoms with van der Waals surface area (Å²) in [5.41, 5.74) is 8.05. The van der Waals surface area contributed by atoms with Crippen molar-refractivity contribution in [3.63, 3.8) is 0 Å². The third-order valence-corrected chi connectivity index (χ3v) is 7.49. The maximum atomic E-state index is 14.2. The van der Waals surface area contributed by atoms with Gasteiger partial charge in [0.2, 0.25) is 0 Å². The fraction of sp³-hybridized carbons (Fsp3) is 0.364. The largest absolute Gasteiger partial charge is 0.333 e. The summed E-state index contributed by atoms with van der Waals surface area (Å²) in [5, 5.41) is 14.3. The molecule has 0 aliphatic rings. The van der Waals surface area contributed by atoms with Gasteiger partial charge in [-0.15, -0.1) is 5.10 Å². The minimum absolute atomic E-state index is 0.00559. The summed E-state index contributed by atoms with van der Waals surface area (Å²) in [6, 6.07) is 16.7. The third kappa shape index (κ3) is 5.64. The van der Waals surface area contributed by atoms with Crippen molar-refractivity contribution in [3.8, 4) is 28.2 Å². The van der Waals surface area contributed by atoms with E-state index in [9.17, 15) is 4.79 Å². The average molecular weight is 550 g/mol. The van der Waals surface area contributed by atoms with E-state index in [2.05, 4.69) is 123 Å². The molecule has 41 heavy (non-hydrogen) atoms. The number of aromatic amines is 1. The lowest BCUT2D eigenvalue weighted by Gasteiger charge is -2.29. The molecule has 5 aromatic rings. The normalized spacial score (nSPS) is 12.2. The zero-order valence-electron chi connectivity index (χ0n) is 25.1. The lowest BCUT2D eigenvalue weighted by Crippen LogP contribution is -2.29. The molecule has 1 N–H and O–H groups in total. The van der Waals surface area contributed by atoms with Gasteiger partial charge >= 0.3 is 5.69 Å². The van der Waals surface area contributed by atoms with Gasteiger partial charge in [0.05, 0.1) is 12.2 Å². The van der Waals surface area contributed by atoms with Gasteiger partial charge in [0.15, 0.2) is 5.82 Å². The second-order valence-electron chi connectivity index (χ2n) is 12.7. The van der Waals surface area contributed by atoms with Crippen LogP contribution in [0.5, 0.6) is 0 Å². The smallest absolute Gasteiger partial charge is 0.292 e. The highest BCUT2D eigenvalue weighted by atomic mass is 16.1. The molecule has 0 fully saturated rings. The molecule has 0 amide bonds. The summed E-state index contributed by atoms with van der Waals surface area (Å²) in [5.74, 6) is 0.569. The molecule has 0 bridgehead atoms. The van der Waals surface area contributed by atoms with Crippen LogP contribution in [0.1, 0.15) is 77.3 Å². The minimum atomic E-state index is -0.119. The Bertz CT molecular complexity index is 1660. The van der Waals surface area contributed by atoms with Gasteiger partial charge in [-0.05, 0) is 61.6 Å². The highest BCUT2D eigenvalue weighted by Gasteiger charge is 2.28. The van der Waals surface area contributed by atoms with Gasteiger partial charge in [0.25, 0.3) is 0 Å². The summed E-state index contributed by atoms with van der Waals surface area (Å²) in [7, 11) is 0. The summed E-state index contributed by atoms with van der Waals surface area (Å²) in [4.78, 5) is 18.4. The first-order valence-electron chi connectivity index (χ1n) is 14.2. The standard InChI is InChI=1S/C33H39N7O/c1-8-10-24-21-40(29-27(32(2,3)4)11-9-12-28(29)33(5,6)7)31(41)39(24)20-22-13-15-23(16-14-22)25-17-18-34-19-26(25)30-35-37-38-36-30/h9,11-19,21H,8,10,20H2,1-7H3,(H,35,36,37,38). The quantitative estimate of drug-likeness (QED) is 0.251. The number of tetrazole rings is 1. The second-order valence-corrected chi connectivity index (χ2v) is 12.7. The fourth-order valence-corrected chi connectivity index (χ4v) is 5.41. The van der Waals surface area contributed by atoms with E-state index in [1.54, 1.807) is 12.4 Å². The summed E-state index contributed by atoms with van der Waals surface area (Å²) in [6.07, 6.45) is 7.36. The minimum Gasteiger partial charge on any atom is -0.292 e. The second kappa shape index (κ2) is 10.9. The Hall–Kier alpha value is -4.33. The third-order valence-electron chi connectivity index (χ3n) is 7.49. The van der Waals surface area contributed by atoms with Gasteiger partial charge in [0, 0.05) is 29.8 Å². The number of rotatable bonds is 7. The van der Waals surface area contributed by atoms with Crippen molar-refractivity contribution in [2.75, 3.05) is 0 Å². The molecule has 0 unspecified atom stereocenters. The van der Waals surface area contributed by atoms with E-state index in [0.717, 1.165) is 46.5 Å². The first-order valence-corrected chi connectivity index (χ1v) is 14.2. The van der Waals surface area contributed by atoms with Gasteiger partial charge in [-0.3, -0.25) is 14.1 Å². The van der Waals surface area contributed by atoms with Gasteiger partial charge < -0.3 is 0 Å². The van der Waals surface area contributed by atoms with Crippen molar-refractivity contribution in [2.45, 2.75) is 78.7 Å². The lowest BCUT2D eigenvalue weighted by molar-refractivity contribution is 0.559. The molecule has 0 saturated carbocycles. The molecular formula is C33H39N7O. The van der Waals surface area contributed by atoms with E-state index >= 15 is 0 Å². The molecule has 2 aromatic carbocycles. The fourth-order valence-electron chi connectivity index (χ4n) is 5.41. The number of nitrogens with zero attached hydrogens (tertiary/aromatic N) is 6. The Morgan fingerprint density at radius 1 is 0.878 bits per heavy atom. The molecule has 0 aliphatic carbocycles. The van der Waals surface area contributed by atoms with Crippen molar-refractivity contribution in [1.82, 2.24) is 34.7 Å². The molecule has 212 valence electrons. The van der Waals surface area contributed by atoms with Crippen LogP contribution in [0.3, 0.4) is 0 Å². The maximum absolute atomic E-state index is 14.2. The van der Waals surface area contributed by atoms with Crippen LogP contribution >= 0.6 is 0 Å². The van der Waals surface area contributed by atoms with Crippen LogP contribution in [0.25, 0.3) is 28.2 Å². The molecule has 3 aromatic heterocycles. The Morgan fingerprint density at radius 2 is 1.56 bits per heavy atom. The number of H-pyrrole nitrogens is 1. The van der Waals surface area contributed by atoms with Crippen molar-refractivity contribution in [2.24, 2.45) is 0 Å². The number of hydrogen-bond donors (Lipinski definition) is 1. The van der Waals surface area contributed by atoms with Crippen molar-refractivity contribution in [3.05, 3.63) is 100.0 Å². The van der Waals surface area contributed by atoms with Gasteiger partial charge in [-0.1, -0.05) is 97.4 Å². The zero-order chi connectivity index (χ0) is 29.4. The molecule has 0 saturated heterocycles. The number of benzene rings is 2. The molecule has 0 aliphatic heterocycles. The van der Waals surface area contributed by atoms with Crippen LogP contribution < -0.4 is 5.69 Å². The SMILES string of the molecule is CCCc1cn(-c2c(C(C)(C)C)cccc2C(C)(C)C)c(=O)n1Cc1ccc(-c2ccncc2-c2nnn[nH]2)cc1. The molecule has 3 heterocycles. The summed E-state index contributed by atoms with van der Waals surface area (Å²) >= 11 is 0. The van der Waals surface area contributed by atoms with Crippen molar-refractivity contribution >= 4 is 0 Å². The lowest BCUT2D eigenvalue weighted by atomic mass is 9.78. The van der Waals surface area contributed by atoms with E-state index < -0.39 is 0 Å². The van der Waals surface area contributed by atoms with E-state index in [-0.39, 0.29) is 16.5 Å². The molecule has 8 heteroatoms. The molecule has 0 spiro atoms. The summed E-state index contributed by atoms with van der Waals surface area (Å²) < 4.78 is 3.83. The van der Waals surface area contributed by atoms with Crippen LogP contribution in [0, 0.1) is 0 Å². The van der Waals surface area contributed by atoms with Gasteiger partial charge in [-0.25, -0.2) is 9.89 Å². The Morgan fingerprint density at radius 3 is 2.15 bits per heavy atom.